The number of benzene rings is 3. The maximum absolute atomic E-state index is 13.5. The SMILES string of the molecule is Cc1ccccc1CNC(=O)C1(C)Cc2ccccc2C(=O)N1c1ccc(Cl)cc1. The lowest BCUT2D eigenvalue weighted by atomic mass is 9.82. The number of halogens is 1. The van der Waals surface area contributed by atoms with E-state index in [1.807, 2.05) is 62.4 Å². The van der Waals surface area contributed by atoms with Crippen LogP contribution in [0.25, 0.3) is 0 Å². The summed E-state index contributed by atoms with van der Waals surface area (Å²) in [5.41, 5.74) is 3.24. The van der Waals surface area contributed by atoms with E-state index >= 15 is 0 Å². The third kappa shape index (κ3) is 3.59. The molecule has 0 fully saturated rings. The fraction of sp³-hybridized carbons (Fsp3) is 0.200. The zero-order chi connectivity index (χ0) is 21.3. The van der Waals surface area contributed by atoms with Crippen LogP contribution in [0.5, 0.6) is 0 Å². The minimum absolute atomic E-state index is 0.187. The van der Waals surface area contributed by atoms with Gasteiger partial charge >= 0.3 is 0 Å². The van der Waals surface area contributed by atoms with Crippen LogP contribution < -0.4 is 10.2 Å². The Morgan fingerprint density at radius 1 is 1.03 bits per heavy atom. The third-order valence-corrected chi connectivity index (χ3v) is 6.01. The van der Waals surface area contributed by atoms with E-state index in [0.717, 1.165) is 16.7 Å². The van der Waals surface area contributed by atoms with Gasteiger partial charge in [-0.3, -0.25) is 14.5 Å². The number of hydrogen-bond donors (Lipinski definition) is 1. The van der Waals surface area contributed by atoms with Gasteiger partial charge in [0.1, 0.15) is 5.54 Å². The monoisotopic (exact) mass is 418 g/mol. The van der Waals surface area contributed by atoms with Crippen molar-refractivity contribution >= 4 is 29.1 Å². The second kappa shape index (κ2) is 7.96. The number of nitrogens with zero attached hydrogens (tertiary/aromatic N) is 1. The predicted molar refractivity (Wildman–Crippen MR) is 120 cm³/mol. The number of aryl methyl sites for hydroxylation is 1. The van der Waals surface area contributed by atoms with Gasteiger partial charge in [0.05, 0.1) is 0 Å². The number of hydrogen-bond acceptors (Lipinski definition) is 2. The molecule has 1 aliphatic heterocycles. The van der Waals surface area contributed by atoms with E-state index in [9.17, 15) is 9.59 Å². The third-order valence-electron chi connectivity index (χ3n) is 5.75. The lowest BCUT2D eigenvalue weighted by molar-refractivity contribution is -0.126. The van der Waals surface area contributed by atoms with Crippen LogP contribution in [0.1, 0.15) is 34.0 Å². The molecule has 1 heterocycles. The van der Waals surface area contributed by atoms with Crippen molar-refractivity contribution in [3.8, 4) is 0 Å². The Hall–Kier alpha value is -3.11. The Labute approximate surface area is 181 Å². The summed E-state index contributed by atoms with van der Waals surface area (Å²) in [4.78, 5) is 28.5. The van der Waals surface area contributed by atoms with Crippen LogP contribution >= 0.6 is 11.6 Å². The highest BCUT2D eigenvalue weighted by molar-refractivity contribution is 6.30. The molecular formula is C25H23ClN2O2. The lowest BCUT2D eigenvalue weighted by Crippen LogP contribution is -2.63. The largest absolute Gasteiger partial charge is 0.350 e. The summed E-state index contributed by atoms with van der Waals surface area (Å²) in [6.45, 7) is 4.25. The van der Waals surface area contributed by atoms with Gasteiger partial charge in [-0.15, -0.1) is 0 Å². The molecule has 1 unspecified atom stereocenters. The average Bonchev–Trinajstić information content (AvgIpc) is 2.74. The van der Waals surface area contributed by atoms with Gasteiger partial charge < -0.3 is 5.32 Å². The first-order chi connectivity index (χ1) is 14.4. The summed E-state index contributed by atoms with van der Waals surface area (Å²) in [5, 5.41) is 3.63. The zero-order valence-electron chi connectivity index (χ0n) is 17.0. The quantitative estimate of drug-likeness (QED) is 0.653. The molecule has 3 aromatic rings. The fourth-order valence-electron chi connectivity index (χ4n) is 4.03. The highest BCUT2D eigenvalue weighted by Crippen LogP contribution is 2.36. The minimum atomic E-state index is -1.07. The van der Waals surface area contributed by atoms with Crippen LogP contribution in [-0.2, 0) is 17.8 Å². The summed E-state index contributed by atoms with van der Waals surface area (Å²) in [6, 6.07) is 22.4. The van der Waals surface area contributed by atoms with Crippen LogP contribution in [0.2, 0.25) is 5.02 Å². The minimum Gasteiger partial charge on any atom is -0.350 e. The molecule has 0 radical (unpaired) electrons. The number of fused-ring (bicyclic) bond motifs is 1. The summed E-state index contributed by atoms with van der Waals surface area (Å²) in [7, 11) is 0. The van der Waals surface area contributed by atoms with Crippen molar-refractivity contribution in [2.45, 2.75) is 32.4 Å². The molecule has 0 spiro atoms. The number of anilines is 1. The van der Waals surface area contributed by atoms with E-state index in [-0.39, 0.29) is 11.8 Å². The van der Waals surface area contributed by atoms with Crippen molar-refractivity contribution in [3.05, 3.63) is 100 Å². The number of carbonyl (C=O) groups excluding carboxylic acids is 2. The van der Waals surface area contributed by atoms with Gasteiger partial charge in [-0.05, 0) is 60.9 Å². The first-order valence-corrected chi connectivity index (χ1v) is 10.3. The van der Waals surface area contributed by atoms with Crippen molar-refractivity contribution in [2.75, 3.05) is 4.90 Å². The highest BCUT2D eigenvalue weighted by Gasteiger charge is 2.47. The van der Waals surface area contributed by atoms with E-state index < -0.39 is 5.54 Å². The number of amides is 2. The first kappa shape index (κ1) is 20.2. The van der Waals surface area contributed by atoms with E-state index in [4.69, 9.17) is 11.6 Å². The van der Waals surface area contributed by atoms with Gasteiger partial charge in [-0.25, -0.2) is 0 Å². The summed E-state index contributed by atoms with van der Waals surface area (Å²) in [6.07, 6.45) is 0.428. The molecule has 4 rings (SSSR count). The predicted octanol–water partition coefficient (Wildman–Crippen LogP) is 4.93. The Bertz CT molecular complexity index is 1110. The molecule has 1 N–H and O–H groups in total. The first-order valence-electron chi connectivity index (χ1n) is 9.91. The molecule has 0 aliphatic carbocycles. The maximum Gasteiger partial charge on any atom is 0.259 e. The summed E-state index contributed by atoms with van der Waals surface area (Å²) in [5.74, 6) is -0.378. The average molecular weight is 419 g/mol. The van der Waals surface area contributed by atoms with E-state index in [1.54, 1.807) is 29.2 Å². The fourth-order valence-corrected chi connectivity index (χ4v) is 4.15. The molecule has 5 heteroatoms. The van der Waals surface area contributed by atoms with Crippen LogP contribution in [0.4, 0.5) is 5.69 Å². The molecule has 0 bridgehead atoms. The Morgan fingerprint density at radius 2 is 1.70 bits per heavy atom. The van der Waals surface area contributed by atoms with Crippen molar-refractivity contribution < 1.29 is 9.59 Å². The Balaban J connectivity index is 1.71. The summed E-state index contributed by atoms with van der Waals surface area (Å²) < 4.78 is 0. The van der Waals surface area contributed by atoms with E-state index in [2.05, 4.69) is 5.32 Å². The van der Waals surface area contributed by atoms with Gasteiger partial charge in [-0.2, -0.15) is 0 Å². The van der Waals surface area contributed by atoms with Crippen molar-refractivity contribution in [1.82, 2.24) is 5.32 Å². The van der Waals surface area contributed by atoms with Gasteiger partial charge in [0.15, 0.2) is 0 Å². The van der Waals surface area contributed by atoms with Crippen molar-refractivity contribution in [3.63, 3.8) is 0 Å². The molecule has 2 amide bonds. The number of nitrogens with one attached hydrogen (secondary N) is 1. The van der Waals surface area contributed by atoms with Gasteiger partial charge in [0.2, 0.25) is 5.91 Å². The molecule has 1 aliphatic rings. The summed E-state index contributed by atoms with van der Waals surface area (Å²) >= 11 is 6.05. The standard InChI is InChI=1S/C25H23ClN2O2/c1-17-7-3-4-9-19(17)16-27-24(30)25(2)15-18-8-5-6-10-22(18)23(29)28(25)21-13-11-20(26)12-14-21/h3-14H,15-16H2,1-2H3,(H,27,30). The second-order valence-electron chi connectivity index (χ2n) is 7.83. The van der Waals surface area contributed by atoms with Gasteiger partial charge in [-0.1, -0.05) is 54.1 Å². The van der Waals surface area contributed by atoms with Gasteiger partial charge in [0, 0.05) is 29.2 Å². The molecule has 0 aromatic heterocycles. The maximum atomic E-state index is 13.5. The molecule has 4 nitrogen and oxygen atoms in total. The Morgan fingerprint density at radius 3 is 2.43 bits per heavy atom. The topological polar surface area (TPSA) is 49.4 Å². The smallest absolute Gasteiger partial charge is 0.259 e. The number of carbonyl (C=O) groups is 2. The molecule has 0 saturated heterocycles. The lowest BCUT2D eigenvalue weighted by Gasteiger charge is -2.44. The van der Waals surface area contributed by atoms with E-state index in [0.29, 0.717) is 29.2 Å². The molecule has 30 heavy (non-hydrogen) atoms. The highest BCUT2D eigenvalue weighted by atomic mass is 35.5. The van der Waals surface area contributed by atoms with E-state index in [1.165, 1.54) is 0 Å². The molecule has 152 valence electrons. The second-order valence-corrected chi connectivity index (χ2v) is 8.27. The van der Waals surface area contributed by atoms with Crippen molar-refractivity contribution in [2.24, 2.45) is 0 Å². The molecular weight excluding hydrogens is 396 g/mol. The van der Waals surface area contributed by atoms with Crippen LogP contribution in [0.15, 0.2) is 72.8 Å². The molecule has 1 atom stereocenters. The van der Waals surface area contributed by atoms with Crippen LogP contribution in [-0.4, -0.2) is 17.4 Å². The molecule has 0 saturated carbocycles. The zero-order valence-corrected chi connectivity index (χ0v) is 17.7. The van der Waals surface area contributed by atoms with Crippen molar-refractivity contribution in [1.29, 1.82) is 0 Å². The van der Waals surface area contributed by atoms with Crippen LogP contribution in [0, 0.1) is 6.92 Å². The Kier molecular flexibility index (Phi) is 5.35. The molecule has 3 aromatic carbocycles. The van der Waals surface area contributed by atoms with Crippen LogP contribution in [0.3, 0.4) is 0 Å². The van der Waals surface area contributed by atoms with Gasteiger partial charge in [0.25, 0.3) is 5.91 Å². The number of rotatable bonds is 4. The normalized spacial score (nSPS) is 18.1.